The minimum Gasteiger partial charge on any atom is -0.487 e. The van der Waals surface area contributed by atoms with Crippen LogP contribution in [0.5, 0.6) is 5.75 Å². The van der Waals surface area contributed by atoms with Gasteiger partial charge in [0.1, 0.15) is 6.04 Å². The Hall–Kier alpha value is -5.29. The second-order valence-electron chi connectivity index (χ2n) is 14.7. The number of amides is 4. The number of halogens is 1. The zero-order valence-corrected chi connectivity index (χ0v) is 31.5. The number of likely N-dealkylation sites (N-methyl/N-ethyl adjacent to an activating group) is 1. The first-order chi connectivity index (χ1) is 26.1. The van der Waals surface area contributed by atoms with E-state index < -0.39 is 12.0 Å². The third-order valence-electron chi connectivity index (χ3n) is 10.8. The van der Waals surface area contributed by atoms with Gasteiger partial charge in [0, 0.05) is 60.7 Å². The second kappa shape index (κ2) is 16.0. The number of nitrogens with one attached hydrogen (secondary N) is 3. The van der Waals surface area contributed by atoms with Gasteiger partial charge in [-0.1, -0.05) is 48.0 Å². The molecule has 11 nitrogen and oxygen atoms in total. The number of carbonyl (C=O) groups excluding carboxylic acids is 4. The van der Waals surface area contributed by atoms with Crippen LogP contribution in [0.25, 0.3) is 21.9 Å². The maximum Gasteiger partial charge on any atom is 0.254 e. The van der Waals surface area contributed by atoms with Crippen LogP contribution in [0.4, 0.5) is 0 Å². The molecule has 4 heterocycles. The van der Waals surface area contributed by atoms with Gasteiger partial charge in [0.2, 0.25) is 17.7 Å². The summed E-state index contributed by atoms with van der Waals surface area (Å²) in [5.74, 6) is -1.29. The standard InChI is InChI=1S/C42H46ClN5O6/c1-25(2)54-37-15-14-32(31-16-17-53-39(31)37)42(52)48-22-28-21-47(38(49)18-27-20-45-36-19-29(43)12-13-30(27)36)24-34(33(28)23-48)40(50)46-35(41(51)44-3)11-7-10-26-8-5-4-6-9-26/h4-6,8-9,12-17,19-20,25,28,33-35,45H,7,10-11,18,21-24H2,1-3H3,(H,44,51)(H,46,50)/t28?,33?,34?,35-/m0/s1. The number of rotatable bonds is 12. The van der Waals surface area contributed by atoms with Crippen molar-refractivity contribution < 1.29 is 28.3 Å². The smallest absolute Gasteiger partial charge is 0.254 e. The second-order valence-corrected chi connectivity index (χ2v) is 15.2. The first-order valence-corrected chi connectivity index (χ1v) is 19.0. The number of piperidine rings is 1. The van der Waals surface area contributed by atoms with E-state index in [0.29, 0.717) is 59.8 Å². The summed E-state index contributed by atoms with van der Waals surface area (Å²) in [4.78, 5) is 62.4. The summed E-state index contributed by atoms with van der Waals surface area (Å²) >= 11 is 6.20. The lowest BCUT2D eigenvalue weighted by molar-refractivity contribution is -0.140. The number of carbonyl (C=O) groups is 4. The van der Waals surface area contributed by atoms with E-state index in [2.05, 4.69) is 15.6 Å². The Morgan fingerprint density at radius 1 is 0.963 bits per heavy atom. The quantitative estimate of drug-likeness (QED) is 0.143. The third kappa shape index (κ3) is 7.82. The summed E-state index contributed by atoms with van der Waals surface area (Å²) in [6.45, 7) is 5.16. The van der Waals surface area contributed by atoms with Gasteiger partial charge in [-0.2, -0.15) is 0 Å². The van der Waals surface area contributed by atoms with Gasteiger partial charge in [-0.05, 0) is 86.4 Å². The number of fused-ring (bicyclic) bond motifs is 3. The van der Waals surface area contributed by atoms with Crippen LogP contribution < -0.4 is 15.4 Å². The van der Waals surface area contributed by atoms with E-state index >= 15 is 0 Å². The van der Waals surface area contributed by atoms with E-state index in [1.807, 2.05) is 62.5 Å². The van der Waals surface area contributed by atoms with Gasteiger partial charge in [0.15, 0.2) is 11.3 Å². The molecule has 12 heteroatoms. The molecule has 0 spiro atoms. The van der Waals surface area contributed by atoms with Gasteiger partial charge in [-0.15, -0.1) is 0 Å². The largest absolute Gasteiger partial charge is 0.487 e. The molecule has 3 aromatic carbocycles. The number of ether oxygens (including phenoxy) is 1. The van der Waals surface area contributed by atoms with E-state index in [0.717, 1.165) is 28.5 Å². The highest BCUT2D eigenvalue weighted by molar-refractivity contribution is 6.31. The number of aryl methyl sites for hydroxylation is 1. The number of nitrogens with zero attached hydrogens (tertiary/aromatic N) is 2. The number of likely N-dealkylation sites (tertiary alicyclic amines) is 2. The van der Waals surface area contributed by atoms with Crippen LogP contribution in [0, 0.1) is 17.8 Å². The van der Waals surface area contributed by atoms with Gasteiger partial charge in [-0.3, -0.25) is 19.2 Å². The lowest BCUT2D eigenvalue weighted by Gasteiger charge is -2.40. The first-order valence-electron chi connectivity index (χ1n) is 18.6. The van der Waals surface area contributed by atoms with Gasteiger partial charge < -0.3 is 34.6 Å². The van der Waals surface area contributed by atoms with Crippen molar-refractivity contribution in [3.05, 3.63) is 101 Å². The van der Waals surface area contributed by atoms with Gasteiger partial charge in [0.25, 0.3) is 5.91 Å². The molecule has 0 aliphatic carbocycles. The first kappa shape index (κ1) is 37.0. The summed E-state index contributed by atoms with van der Waals surface area (Å²) in [7, 11) is 1.56. The van der Waals surface area contributed by atoms with E-state index in [4.69, 9.17) is 20.8 Å². The van der Waals surface area contributed by atoms with Crippen LogP contribution >= 0.6 is 11.6 Å². The molecule has 2 saturated heterocycles. The van der Waals surface area contributed by atoms with Crippen molar-refractivity contribution >= 4 is 57.1 Å². The van der Waals surface area contributed by atoms with Crippen LogP contribution in [-0.4, -0.2) is 83.8 Å². The average Bonchev–Trinajstić information content (AvgIpc) is 3.93. The molecule has 5 aromatic rings. The molecule has 2 aromatic heterocycles. The van der Waals surface area contributed by atoms with Gasteiger partial charge >= 0.3 is 0 Å². The molecule has 282 valence electrons. The Morgan fingerprint density at radius 3 is 2.54 bits per heavy atom. The van der Waals surface area contributed by atoms with Crippen LogP contribution in [-0.2, 0) is 27.2 Å². The number of hydrogen-bond donors (Lipinski definition) is 3. The molecule has 2 aliphatic rings. The van der Waals surface area contributed by atoms with Crippen molar-refractivity contribution in [1.82, 2.24) is 25.4 Å². The van der Waals surface area contributed by atoms with E-state index in [9.17, 15) is 19.2 Å². The lowest BCUT2D eigenvalue weighted by Crippen LogP contribution is -2.56. The number of aromatic amines is 1. The van der Waals surface area contributed by atoms with E-state index in [1.54, 1.807) is 47.4 Å². The zero-order chi connectivity index (χ0) is 37.9. The number of aromatic nitrogens is 1. The van der Waals surface area contributed by atoms with Crippen molar-refractivity contribution in [3.8, 4) is 5.75 Å². The predicted molar refractivity (Wildman–Crippen MR) is 207 cm³/mol. The molecule has 4 atom stereocenters. The van der Waals surface area contributed by atoms with Gasteiger partial charge in [0.05, 0.1) is 30.3 Å². The minimum atomic E-state index is -0.742. The Kier molecular flexibility index (Phi) is 11.0. The number of H-pyrrole nitrogens is 1. The summed E-state index contributed by atoms with van der Waals surface area (Å²) in [5.41, 5.74) is 3.83. The van der Waals surface area contributed by atoms with Crippen molar-refractivity contribution in [2.24, 2.45) is 17.8 Å². The van der Waals surface area contributed by atoms with Crippen molar-refractivity contribution in [1.29, 1.82) is 0 Å². The minimum absolute atomic E-state index is 0.0726. The zero-order valence-electron chi connectivity index (χ0n) is 30.8. The highest BCUT2D eigenvalue weighted by atomic mass is 35.5. The molecular formula is C42H46ClN5O6. The Bertz CT molecular complexity index is 2160. The molecule has 0 saturated carbocycles. The fourth-order valence-electron chi connectivity index (χ4n) is 8.12. The third-order valence-corrected chi connectivity index (χ3v) is 11.0. The summed E-state index contributed by atoms with van der Waals surface area (Å²) in [6, 6.07) is 20.1. The molecular weight excluding hydrogens is 706 g/mol. The Morgan fingerprint density at radius 2 is 1.76 bits per heavy atom. The number of benzene rings is 3. The molecule has 7 rings (SSSR count). The number of furan rings is 1. The average molecular weight is 752 g/mol. The molecule has 54 heavy (non-hydrogen) atoms. The highest BCUT2D eigenvalue weighted by Crippen LogP contribution is 2.38. The SMILES string of the molecule is CNC(=O)[C@H](CCCc1ccccc1)NC(=O)C1CN(C(=O)Cc2c[nH]c3cc(Cl)ccc23)CC2CN(C(=O)c3ccc(OC(C)C)c4occc34)CC21. The molecule has 4 amide bonds. The maximum absolute atomic E-state index is 14.3. The Balaban J connectivity index is 1.12. The summed E-state index contributed by atoms with van der Waals surface area (Å²) < 4.78 is 11.7. The summed E-state index contributed by atoms with van der Waals surface area (Å²) in [6.07, 6.45) is 5.36. The van der Waals surface area contributed by atoms with Crippen LogP contribution in [0.1, 0.15) is 48.2 Å². The molecule has 3 N–H and O–H groups in total. The Labute approximate surface area is 319 Å². The fraction of sp³-hybridized carbons (Fsp3) is 0.381. The fourth-order valence-corrected chi connectivity index (χ4v) is 8.29. The topological polar surface area (TPSA) is 137 Å². The van der Waals surface area contributed by atoms with Crippen molar-refractivity contribution in [3.63, 3.8) is 0 Å². The molecule has 2 aliphatic heterocycles. The molecule has 0 bridgehead atoms. The normalized spacial score (nSPS) is 18.9. The van der Waals surface area contributed by atoms with Crippen LogP contribution in [0.15, 0.2) is 83.6 Å². The monoisotopic (exact) mass is 751 g/mol. The van der Waals surface area contributed by atoms with Crippen LogP contribution in [0.2, 0.25) is 5.02 Å². The number of hydrogen-bond acceptors (Lipinski definition) is 6. The van der Waals surface area contributed by atoms with E-state index in [-0.39, 0.29) is 54.5 Å². The molecule has 3 unspecified atom stereocenters. The molecule has 0 radical (unpaired) electrons. The van der Waals surface area contributed by atoms with Gasteiger partial charge in [-0.25, -0.2) is 0 Å². The van der Waals surface area contributed by atoms with E-state index in [1.165, 1.54) is 0 Å². The van der Waals surface area contributed by atoms with Crippen LogP contribution in [0.3, 0.4) is 0 Å². The molecule has 2 fully saturated rings. The highest BCUT2D eigenvalue weighted by Gasteiger charge is 2.48. The van der Waals surface area contributed by atoms with Crippen molar-refractivity contribution in [2.75, 3.05) is 33.2 Å². The van der Waals surface area contributed by atoms with Crippen molar-refractivity contribution in [2.45, 2.75) is 51.7 Å². The summed E-state index contributed by atoms with van der Waals surface area (Å²) in [5, 5.41) is 7.92. The maximum atomic E-state index is 14.3. The predicted octanol–water partition coefficient (Wildman–Crippen LogP) is 6.00. The lowest BCUT2D eigenvalue weighted by atomic mass is 9.79.